The zero-order chi connectivity index (χ0) is 13.3. The van der Waals surface area contributed by atoms with E-state index in [1.807, 2.05) is 62.7 Å². The molecule has 2 aromatic rings. The highest BCUT2D eigenvalue weighted by atomic mass is 16.1. The van der Waals surface area contributed by atoms with Gasteiger partial charge in [0.25, 0.3) is 0 Å². The van der Waals surface area contributed by atoms with E-state index in [2.05, 4.69) is 5.10 Å². The van der Waals surface area contributed by atoms with Gasteiger partial charge in [-0.05, 0) is 33.3 Å². The van der Waals surface area contributed by atoms with Crippen LogP contribution in [0.2, 0.25) is 0 Å². The minimum absolute atomic E-state index is 0.0983. The average molecular weight is 242 g/mol. The summed E-state index contributed by atoms with van der Waals surface area (Å²) in [5.41, 5.74) is 3.93. The van der Waals surface area contributed by atoms with E-state index in [1.165, 1.54) is 0 Å². The SMILES string of the molecule is Cc1nn(C(C)C(=O)c2ccccc2)c(C)c1C. The molecule has 0 N–H and O–H groups in total. The first-order chi connectivity index (χ1) is 8.52. The Labute approximate surface area is 107 Å². The zero-order valence-electron chi connectivity index (χ0n) is 11.3. The van der Waals surface area contributed by atoms with E-state index in [9.17, 15) is 4.79 Å². The molecule has 3 nitrogen and oxygen atoms in total. The minimum Gasteiger partial charge on any atom is -0.292 e. The molecule has 1 heterocycles. The van der Waals surface area contributed by atoms with Crippen LogP contribution in [0.4, 0.5) is 0 Å². The number of rotatable bonds is 3. The lowest BCUT2D eigenvalue weighted by Gasteiger charge is -2.13. The topological polar surface area (TPSA) is 34.9 Å². The van der Waals surface area contributed by atoms with E-state index in [4.69, 9.17) is 0 Å². The number of aromatic nitrogens is 2. The molecule has 1 unspecified atom stereocenters. The van der Waals surface area contributed by atoms with Crippen molar-refractivity contribution in [3.8, 4) is 0 Å². The average Bonchev–Trinajstić information content (AvgIpc) is 2.66. The molecule has 0 amide bonds. The van der Waals surface area contributed by atoms with Gasteiger partial charge >= 0.3 is 0 Å². The number of aryl methyl sites for hydroxylation is 1. The molecular weight excluding hydrogens is 224 g/mol. The number of benzene rings is 1. The molecule has 0 spiro atoms. The molecule has 1 atom stereocenters. The fraction of sp³-hybridized carbons (Fsp3) is 0.333. The van der Waals surface area contributed by atoms with Crippen molar-refractivity contribution < 1.29 is 4.79 Å². The van der Waals surface area contributed by atoms with Crippen LogP contribution in [0.25, 0.3) is 0 Å². The van der Waals surface area contributed by atoms with Crippen LogP contribution in [0.5, 0.6) is 0 Å². The third-order valence-corrected chi connectivity index (χ3v) is 3.49. The van der Waals surface area contributed by atoms with Crippen molar-refractivity contribution >= 4 is 5.78 Å². The number of carbonyl (C=O) groups excluding carboxylic acids is 1. The predicted octanol–water partition coefficient (Wildman–Crippen LogP) is 3.25. The molecule has 0 aliphatic rings. The Hall–Kier alpha value is -1.90. The quantitative estimate of drug-likeness (QED) is 0.774. The van der Waals surface area contributed by atoms with Gasteiger partial charge in [0.1, 0.15) is 6.04 Å². The van der Waals surface area contributed by atoms with E-state index in [0.717, 1.165) is 22.5 Å². The maximum absolute atomic E-state index is 12.4. The zero-order valence-corrected chi connectivity index (χ0v) is 11.3. The van der Waals surface area contributed by atoms with Crippen LogP contribution in [-0.4, -0.2) is 15.6 Å². The monoisotopic (exact) mass is 242 g/mol. The van der Waals surface area contributed by atoms with Gasteiger partial charge in [-0.2, -0.15) is 5.10 Å². The molecule has 0 fully saturated rings. The Morgan fingerprint density at radius 1 is 1.17 bits per heavy atom. The van der Waals surface area contributed by atoms with Crippen LogP contribution in [-0.2, 0) is 0 Å². The molecule has 94 valence electrons. The van der Waals surface area contributed by atoms with E-state index in [0.29, 0.717) is 0 Å². The van der Waals surface area contributed by atoms with Gasteiger partial charge in [-0.15, -0.1) is 0 Å². The van der Waals surface area contributed by atoms with Gasteiger partial charge in [-0.25, -0.2) is 0 Å². The van der Waals surface area contributed by atoms with Gasteiger partial charge in [0.15, 0.2) is 5.78 Å². The van der Waals surface area contributed by atoms with Gasteiger partial charge in [-0.1, -0.05) is 30.3 Å². The van der Waals surface area contributed by atoms with Crippen LogP contribution in [0, 0.1) is 20.8 Å². The Bertz CT molecular complexity index is 570. The highest BCUT2D eigenvalue weighted by Crippen LogP contribution is 2.19. The summed E-state index contributed by atoms with van der Waals surface area (Å²) in [7, 11) is 0. The molecule has 0 saturated carbocycles. The summed E-state index contributed by atoms with van der Waals surface area (Å²) in [4.78, 5) is 12.4. The summed E-state index contributed by atoms with van der Waals surface area (Å²) in [6, 6.07) is 9.10. The predicted molar refractivity (Wildman–Crippen MR) is 71.9 cm³/mol. The molecule has 1 aromatic heterocycles. The van der Waals surface area contributed by atoms with E-state index in [1.54, 1.807) is 0 Å². The first kappa shape index (κ1) is 12.6. The Morgan fingerprint density at radius 2 is 1.78 bits per heavy atom. The second kappa shape index (κ2) is 4.77. The molecule has 0 aliphatic carbocycles. The van der Waals surface area contributed by atoms with E-state index >= 15 is 0 Å². The summed E-state index contributed by atoms with van der Waals surface area (Å²) in [5, 5.41) is 4.45. The summed E-state index contributed by atoms with van der Waals surface area (Å²) in [6.07, 6.45) is 0. The molecule has 3 heteroatoms. The number of hydrogen-bond donors (Lipinski definition) is 0. The van der Waals surface area contributed by atoms with Crippen molar-refractivity contribution in [3.05, 3.63) is 52.8 Å². The number of hydrogen-bond acceptors (Lipinski definition) is 2. The molecular formula is C15H18N2O. The standard InChI is InChI=1S/C15H18N2O/c1-10-11(2)16-17(12(10)3)13(4)15(18)14-8-6-5-7-9-14/h5-9,13H,1-4H3. The molecule has 1 aromatic carbocycles. The van der Waals surface area contributed by atoms with Crippen LogP contribution >= 0.6 is 0 Å². The Balaban J connectivity index is 2.34. The number of Topliss-reactive ketones (excluding diaryl/α,β-unsaturated/α-hetero) is 1. The van der Waals surface area contributed by atoms with Gasteiger partial charge in [0.05, 0.1) is 5.69 Å². The van der Waals surface area contributed by atoms with Crippen LogP contribution in [0.3, 0.4) is 0 Å². The fourth-order valence-corrected chi connectivity index (χ4v) is 2.08. The molecule has 0 saturated heterocycles. The van der Waals surface area contributed by atoms with Crippen LogP contribution < -0.4 is 0 Å². The lowest BCUT2D eigenvalue weighted by Crippen LogP contribution is -2.19. The van der Waals surface area contributed by atoms with Gasteiger partial charge in [0, 0.05) is 11.3 Å². The van der Waals surface area contributed by atoms with Crippen LogP contribution in [0.15, 0.2) is 30.3 Å². The first-order valence-electron chi connectivity index (χ1n) is 6.14. The van der Waals surface area contributed by atoms with Gasteiger partial charge in [0.2, 0.25) is 0 Å². The molecule has 2 rings (SSSR count). The lowest BCUT2D eigenvalue weighted by molar-refractivity contribution is 0.0926. The molecule has 0 bridgehead atoms. The molecule has 18 heavy (non-hydrogen) atoms. The van der Waals surface area contributed by atoms with Crippen molar-refractivity contribution in [2.45, 2.75) is 33.7 Å². The van der Waals surface area contributed by atoms with Crippen molar-refractivity contribution in [1.82, 2.24) is 9.78 Å². The maximum atomic E-state index is 12.4. The lowest BCUT2D eigenvalue weighted by atomic mass is 10.1. The maximum Gasteiger partial charge on any atom is 0.187 e. The summed E-state index contributed by atoms with van der Waals surface area (Å²) < 4.78 is 1.82. The fourth-order valence-electron chi connectivity index (χ4n) is 2.08. The second-order valence-corrected chi connectivity index (χ2v) is 4.65. The second-order valence-electron chi connectivity index (χ2n) is 4.65. The summed E-state index contributed by atoms with van der Waals surface area (Å²) in [6.45, 7) is 7.91. The van der Waals surface area contributed by atoms with Crippen molar-refractivity contribution in [3.63, 3.8) is 0 Å². The van der Waals surface area contributed by atoms with Gasteiger partial charge < -0.3 is 0 Å². The first-order valence-corrected chi connectivity index (χ1v) is 6.14. The number of carbonyl (C=O) groups is 1. The van der Waals surface area contributed by atoms with Gasteiger partial charge in [-0.3, -0.25) is 9.48 Å². The Morgan fingerprint density at radius 3 is 2.28 bits per heavy atom. The smallest absolute Gasteiger partial charge is 0.187 e. The summed E-state index contributed by atoms with van der Waals surface area (Å²) >= 11 is 0. The van der Waals surface area contributed by atoms with E-state index in [-0.39, 0.29) is 11.8 Å². The highest BCUT2D eigenvalue weighted by Gasteiger charge is 2.20. The molecule has 0 aliphatic heterocycles. The van der Waals surface area contributed by atoms with E-state index < -0.39 is 0 Å². The third-order valence-electron chi connectivity index (χ3n) is 3.49. The van der Waals surface area contributed by atoms with Crippen molar-refractivity contribution in [2.24, 2.45) is 0 Å². The summed E-state index contributed by atoms with van der Waals surface area (Å²) in [5.74, 6) is 0.0983. The Kier molecular flexibility index (Phi) is 3.32. The molecule has 0 radical (unpaired) electrons. The normalized spacial score (nSPS) is 12.4. The number of nitrogens with zero attached hydrogens (tertiary/aromatic N) is 2. The third kappa shape index (κ3) is 2.08. The van der Waals surface area contributed by atoms with Crippen molar-refractivity contribution in [2.75, 3.05) is 0 Å². The highest BCUT2D eigenvalue weighted by molar-refractivity contribution is 5.98. The number of ketones is 1. The van der Waals surface area contributed by atoms with Crippen LogP contribution in [0.1, 0.15) is 40.3 Å². The largest absolute Gasteiger partial charge is 0.292 e. The minimum atomic E-state index is -0.264. The van der Waals surface area contributed by atoms with Crippen molar-refractivity contribution in [1.29, 1.82) is 0 Å².